The van der Waals surface area contributed by atoms with Gasteiger partial charge in [0.2, 0.25) is 0 Å². The molecule has 0 unspecified atom stereocenters. The molecular weight excluding hydrogens is 621 g/mol. The van der Waals surface area contributed by atoms with Gasteiger partial charge in [-0.25, -0.2) is 9.14 Å². The number of hydrogen-bond acceptors (Lipinski definition) is 6. The first kappa shape index (κ1) is 38.2. The highest BCUT2D eigenvalue weighted by atomic mass is 33.1. The Bertz CT molecular complexity index is 1490. The van der Waals surface area contributed by atoms with Crippen molar-refractivity contribution in [2.24, 2.45) is 0 Å². The molecule has 0 radical (unpaired) electrons. The lowest BCUT2D eigenvalue weighted by Gasteiger charge is -2.19. The summed E-state index contributed by atoms with van der Waals surface area (Å²) in [7, 11) is 10.2. The van der Waals surface area contributed by atoms with Crippen molar-refractivity contribution < 1.29 is 19.4 Å². The number of anilines is 1. The van der Waals surface area contributed by atoms with Crippen molar-refractivity contribution >= 4 is 44.6 Å². The second-order valence-electron chi connectivity index (χ2n) is 11.8. The van der Waals surface area contributed by atoms with Crippen LogP contribution in [0, 0.1) is 0 Å². The maximum Gasteiger partial charge on any atom is 0.179 e. The highest BCUT2D eigenvalue weighted by Gasteiger charge is 2.11. The molecule has 0 spiro atoms. The summed E-state index contributed by atoms with van der Waals surface area (Å²) in [5, 5.41) is 18.2. The summed E-state index contributed by atoms with van der Waals surface area (Å²) >= 11 is 0. The molecule has 1 aliphatic carbocycles. The topological polar surface area (TPSA) is 53.8 Å². The van der Waals surface area contributed by atoms with E-state index in [0.717, 1.165) is 31.0 Å². The third-order valence-corrected chi connectivity index (χ3v) is 10.5. The van der Waals surface area contributed by atoms with Crippen LogP contribution in [0.25, 0.3) is 11.6 Å². The van der Waals surface area contributed by atoms with Crippen LogP contribution in [0.4, 0.5) is 5.69 Å². The molecule has 6 nitrogen and oxygen atoms in total. The normalized spacial score (nSPS) is 15.3. The molecule has 0 atom stereocenters. The molecule has 1 aliphatic rings. The summed E-state index contributed by atoms with van der Waals surface area (Å²) in [6.45, 7) is 9.92. The first-order valence-electron chi connectivity index (χ1n) is 16.4. The maximum absolute atomic E-state index is 9.11. The predicted molar refractivity (Wildman–Crippen MR) is 206 cm³/mol. The molecule has 0 saturated carbocycles. The van der Waals surface area contributed by atoms with Crippen LogP contribution >= 0.6 is 21.6 Å². The van der Waals surface area contributed by atoms with Crippen molar-refractivity contribution in [2.45, 2.75) is 33.7 Å². The van der Waals surface area contributed by atoms with Crippen LogP contribution in [0.2, 0.25) is 0 Å². The average molecular weight is 675 g/mol. The molecule has 8 heteroatoms. The number of benzene rings is 1. The molecule has 0 amide bonds. The summed E-state index contributed by atoms with van der Waals surface area (Å²) in [6.07, 6.45) is 22.5. The van der Waals surface area contributed by atoms with E-state index in [0.29, 0.717) is 13.1 Å². The van der Waals surface area contributed by atoms with Gasteiger partial charge in [0.15, 0.2) is 31.2 Å². The summed E-state index contributed by atoms with van der Waals surface area (Å²) < 4.78 is 4.37. The lowest BCUT2D eigenvalue weighted by Crippen LogP contribution is -2.34. The van der Waals surface area contributed by atoms with Crippen LogP contribution in [0.15, 0.2) is 108 Å². The number of rotatable bonds is 18. The Morgan fingerprint density at radius 2 is 1.66 bits per heavy atom. The van der Waals surface area contributed by atoms with Crippen LogP contribution in [0.3, 0.4) is 0 Å². The first-order valence-corrected chi connectivity index (χ1v) is 18.9. The largest absolute Gasteiger partial charge is 0.395 e. The van der Waals surface area contributed by atoms with E-state index in [1.165, 1.54) is 44.8 Å². The zero-order valence-electron chi connectivity index (χ0n) is 29.1. The lowest BCUT2D eigenvalue weighted by atomic mass is 10.0. The predicted octanol–water partition coefficient (Wildman–Crippen LogP) is 6.64. The third-order valence-electron chi connectivity index (χ3n) is 8.14. The number of aliphatic hydroxyl groups excluding tert-OH is 2. The summed E-state index contributed by atoms with van der Waals surface area (Å²) in [5.41, 5.74) is 9.84. The van der Waals surface area contributed by atoms with Crippen LogP contribution in [-0.4, -0.2) is 90.9 Å². The molecule has 252 valence electrons. The Morgan fingerprint density at radius 1 is 0.936 bits per heavy atom. The fraction of sp³-hybridized carbons (Fsp3) is 0.385. The number of likely N-dealkylation sites (N-methyl/N-ethyl adjacent to an activating group) is 1. The number of hydrogen-bond donors (Lipinski definition) is 2. The molecule has 0 bridgehead atoms. The Morgan fingerprint density at radius 3 is 2.30 bits per heavy atom. The maximum atomic E-state index is 9.11. The second-order valence-corrected chi connectivity index (χ2v) is 14.5. The summed E-state index contributed by atoms with van der Waals surface area (Å²) in [4.78, 5) is 4.31. The molecule has 0 saturated heterocycles. The minimum absolute atomic E-state index is 0.151. The van der Waals surface area contributed by atoms with E-state index >= 15 is 0 Å². The monoisotopic (exact) mass is 674 g/mol. The molecule has 3 rings (SSSR count). The third kappa shape index (κ3) is 13.4. The molecule has 2 N–H and O–H groups in total. The quantitative estimate of drug-likeness (QED) is 0.0801. The average Bonchev–Trinajstić information content (AvgIpc) is 3.07. The highest BCUT2D eigenvalue weighted by molar-refractivity contribution is 8.76. The number of nitrogens with zero attached hydrogens (tertiary/aromatic N) is 4. The number of aliphatic hydroxyl groups is 2. The van der Waals surface area contributed by atoms with E-state index in [-0.39, 0.29) is 13.2 Å². The van der Waals surface area contributed by atoms with E-state index in [1.807, 2.05) is 56.7 Å². The van der Waals surface area contributed by atoms with Gasteiger partial charge < -0.3 is 20.0 Å². The van der Waals surface area contributed by atoms with E-state index in [2.05, 4.69) is 123 Å². The molecular formula is C39H54N4O2S2+2. The zero-order chi connectivity index (χ0) is 34.0. The number of pyridine rings is 1. The minimum atomic E-state index is 0.151. The first-order chi connectivity index (χ1) is 22.7. The molecule has 0 fully saturated rings. The van der Waals surface area contributed by atoms with Crippen molar-refractivity contribution in [3.63, 3.8) is 0 Å². The van der Waals surface area contributed by atoms with Gasteiger partial charge in [-0.05, 0) is 84.7 Å². The number of allylic oxidation sites excluding steroid dienone is 10. The Hall–Kier alpha value is -3.30. The van der Waals surface area contributed by atoms with E-state index < -0.39 is 0 Å². The van der Waals surface area contributed by atoms with Crippen LogP contribution in [0.5, 0.6) is 0 Å². The van der Waals surface area contributed by atoms with Crippen LogP contribution < -0.4 is 9.47 Å². The molecule has 47 heavy (non-hydrogen) atoms. The summed E-state index contributed by atoms with van der Waals surface area (Å²) in [5.74, 6) is 2.16. The van der Waals surface area contributed by atoms with Crippen LogP contribution in [-0.2, 0) is 6.54 Å². The fourth-order valence-electron chi connectivity index (χ4n) is 5.05. The fourth-order valence-corrected chi connectivity index (χ4v) is 7.14. The molecule has 1 heterocycles. The van der Waals surface area contributed by atoms with Crippen molar-refractivity contribution in [1.29, 1.82) is 0 Å². The van der Waals surface area contributed by atoms with E-state index in [4.69, 9.17) is 10.2 Å². The van der Waals surface area contributed by atoms with Gasteiger partial charge in [-0.15, -0.1) is 0 Å². The Kier molecular flexibility index (Phi) is 16.9. The Balaban J connectivity index is 1.38. The van der Waals surface area contributed by atoms with E-state index in [1.54, 1.807) is 0 Å². The number of aromatic nitrogens is 1. The standard InChI is InChI=1S/C39H54N4O2S2/c1-7-36(16-19-40(4)22-26-44)32(2)30-34-8-12-38(13-9-34)41(5)24-28-46-47-29-25-42(6)39-14-10-35(11-15-39)31-33(3)37-17-20-43(21-18-37)23-27-45/h7-14,16-21,30-31,44-45H,15,22-29H2,1-6H3/q+2. The van der Waals surface area contributed by atoms with Gasteiger partial charge in [0.1, 0.15) is 13.7 Å². The SMILES string of the molecule is CC=C(C=CN(C)CCO)C(C)=Cc1ccc(N(C)CCSSCC[N+](C)=C2C=CC(C=C(C)c3cc[n+](CCO)cc3)=CC2)cc1. The molecule has 0 aliphatic heterocycles. The zero-order valence-corrected chi connectivity index (χ0v) is 30.7. The van der Waals surface area contributed by atoms with Crippen molar-refractivity contribution in [3.05, 3.63) is 119 Å². The molecule has 2 aromatic rings. The van der Waals surface area contributed by atoms with Gasteiger partial charge in [-0.2, -0.15) is 0 Å². The van der Waals surface area contributed by atoms with Gasteiger partial charge in [0.25, 0.3) is 0 Å². The van der Waals surface area contributed by atoms with Crippen LogP contribution in [0.1, 0.15) is 38.3 Å². The van der Waals surface area contributed by atoms with Gasteiger partial charge in [-0.3, -0.25) is 0 Å². The van der Waals surface area contributed by atoms with Crippen molar-refractivity contribution in [2.75, 3.05) is 70.4 Å². The van der Waals surface area contributed by atoms with Crippen molar-refractivity contribution in [1.82, 2.24) is 4.90 Å². The summed E-state index contributed by atoms with van der Waals surface area (Å²) in [6, 6.07) is 13.0. The van der Waals surface area contributed by atoms with E-state index in [9.17, 15) is 0 Å². The molecule has 1 aromatic carbocycles. The van der Waals surface area contributed by atoms with Gasteiger partial charge in [-0.1, -0.05) is 58.0 Å². The minimum Gasteiger partial charge on any atom is -0.395 e. The lowest BCUT2D eigenvalue weighted by molar-refractivity contribution is -0.698. The van der Waals surface area contributed by atoms with Gasteiger partial charge >= 0.3 is 0 Å². The van der Waals surface area contributed by atoms with Gasteiger partial charge in [0, 0.05) is 56.8 Å². The highest BCUT2D eigenvalue weighted by Crippen LogP contribution is 2.23. The second kappa shape index (κ2) is 20.8. The van der Waals surface area contributed by atoms with Gasteiger partial charge in [0.05, 0.1) is 18.8 Å². The smallest absolute Gasteiger partial charge is 0.179 e. The van der Waals surface area contributed by atoms with Crippen molar-refractivity contribution in [3.8, 4) is 0 Å². The Labute approximate surface area is 291 Å². The molecule has 1 aromatic heterocycles.